The van der Waals surface area contributed by atoms with E-state index in [4.69, 9.17) is 0 Å². The lowest BCUT2D eigenvalue weighted by Crippen LogP contribution is -2.03. The molecule has 0 aliphatic rings. The molecule has 0 amide bonds. The predicted molar refractivity (Wildman–Crippen MR) is 65.2 cm³/mol. The average molecular weight is 249 g/mol. The van der Waals surface area contributed by atoms with Gasteiger partial charge in [0.25, 0.3) is 0 Å². The van der Waals surface area contributed by atoms with E-state index in [0.29, 0.717) is 23.5 Å². The van der Waals surface area contributed by atoms with E-state index in [1.54, 1.807) is 26.0 Å². The normalized spacial score (nSPS) is 10.4. The molecule has 0 saturated heterocycles. The SMILES string of the molecule is Cc1cc(CNc2cc(F)ncn2)cc(C)c1F. The van der Waals surface area contributed by atoms with Crippen LogP contribution in [0.3, 0.4) is 0 Å². The van der Waals surface area contributed by atoms with E-state index < -0.39 is 5.95 Å². The standard InChI is InChI=1S/C13H13F2N3/c1-8-3-10(4-9(2)13(8)15)6-16-12-5-11(14)17-7-18-12/h3-5,7H,6H2,1-2H3,(H,16,17,18). The van der Waals surface area contributed by atoms with E-state index in [1.165, 1.54) is 6.07 Å². The van der Waals surface area contributed by atoms with Gasteiger partial charge >= 0.3 is 0 Å². The van der Waals surface area contributed by atoms with E-state index in [2.05, 4.69) is 15.3 Å². The van der Waals surface area contributed by atoms with Gasteiger partial charge in [-0.2, -0.15) is 4.39 Å². The molecule has 1 aromatic carbocycles. The number of hydrogen-bond acceptors (Lipinski definition) is 3. The largest absolute Gasteiger partial charge is 0.366 e. The van der Waals surface area contributed by atoms with Gasteiger partial charge in [-0.05, 0) is 30.5 Å². The highest BCUT2D eigenvalue weighted by molar-refractivity contribution is 5.36. The molecular weight excluding hydrogens is 236 g/mol. The minimum absolute atomic E-state index is 0.188. The van der Waals surface area contributed by atoms with Crippen LogP contribution in [0, 0.1) is 25.6 Å². The number of anilines is 1. The second-order valence-electron chi connectivity index (χ2n) is 4.12. The van der Waals surface area contributed by atoms with E-state index in [9.17, 15) is 8.78 Å². The molecule has 0 aliphatic carbocycles. The number of halogens is 2. The second kappa shape index (κ2) is 5.08. The van der Waals surface area contributed by atoms with Gasteiger partial charge in [-0.1, -0.05) is 12.1 Å². The quantitative estimate of drug-likeness (QED) is 0.850. The van der Waals surface area contributed by atoms with E-state index >= 15 is 0 Å². The van der Waals surface area contributed by atoms with Crippen LogP contribution >= 0.6 is 0 Å². The molecule has 2 rings (SSSR count). The fraction of sp³-hybridized carbons (Fsp3) is 0.231. The van der Waals surface area contributed by atoms with Gasteiger partial charge in [0, 0.05) is 12.6 Å². The third-order valence-corrected chi connectivity index (χ3v) is 2.60. The number of nitrogens with one attached hydrogen (secondary N) is 1. The minimum atomic E-state index is -0.584. The van der Waals surface area contributed by atoms with Crippen molar-refractivity contribution in [1.29, 1.82) is 0 Å². The number of rotatable bonds is 3. The molecule has 1 heterocycles. The highest BCUT2D eigenvalue weighted by Crippen LogP contribution is 2.15. The number of hydrogen-bond donors (Lipinski definition) is 1. The summed E-state index contributed by atoms with van der Waals surface area (Å²) in [6, 6.07) is 4.73. The van der Waals surface area contributed by atoms with Crippen LogP contribution in [0.1, 0.15) is 16.7 Å². The molecule has 0 saturated carbocycles. The Bertz CT molecular complexity index is 547. The Morgan fingerprint density at radius 1 is 1.06 bits per heavy atom. The zero-order valence-corrected chi connectivity index (χ0v) is 10.2. The lowest BCUT2D eigenvalue weighted by atomic mass is 10.1. The fourth-order valence-electron chi connectivity index (χ4n) is 1.76. The van der Waals surface area contributed by atoms with Crippen LogP contribution in [0.5, 0.6) is 0 Å². The molecule has 0 radical (unpaired) electrons. The van der Waals surface area contributed by atoms with Crippen molar-refractivity contribution >= 4 is 5.82 Å². The van der Waals surface area contributed by atoms with Crippen LogP contribution in [0.15, 0.2) is 24.5 Å². The van der Waals surface area contributed by atoms with Crippen molar-refractivity contribution in [3.63, 3.8) is 0 Å². The summed E-state index contributed by atoms with van der Waals surface area (Å²) in [5.74, 6) is -0.368. The Hall–Kier alpha value is -2.04. The van der Waals surface area contributed by atoms with Crippen molar-refractivity contribution in [3.05, 3.63) is 53.0 Å². The van der Waals surface area contributed by atoms with Crippen LogP contribution < -0.4 is 5.32 Å². The van der Waals surface area contributed by atoms with Gasteiger partial charge in [0.15, 0.2) is 0 Å². The first kappa shape index (κ1) is 12.4. The van der Waals surface area contributed by atoms with E-state index in [1.807, 2.05) is 0 Å². The number of aromatic nitrogens is 2. The van der Waals surface area contributed by atoms with E-state index in [0.717, 1.165) is 11.9 Å². The van der Waals surface area contributed by atoms with Gasteiger partial charge in [0.2, 0.25) is 5.95 Å². The lowest BCUT2D eigenvalue weighted by Gasteiger charge is -2.08. The first-order valence-corrected chi connectivity index (χ1v) is 5.53. The first-order chi connectivity index (χ1) is 8.56. The molecule has 5 heteroatoms. The number of aryl methyl sites for hydroxylation is 2. The number of benzene rings is 1. The summed E-state index contributed by atoms with van der Waals surface area (Å²) in [7, 11) is 0. The summed E-state index contributed by atoms with van der Waals surface area (Å²) in [6.45, 7) is 3.89. The van der Waals surface area contributed by atoms with Gasteiger partial charge in [-0.15, -0.1) is 0 Å². The third-order valence-electron chi connectivity index (χ3n) is 2.60. The maximum absolute atomic E-state index is 13.4. The smallest absolute Gasteiger partial charge is 0.217 e. The monoisotopic (exact) mass is 249 g/mol. The molecule has 0 fully saturated rings. The molecule has 0 aliphatic heterocycles. The number of nitrogens with zero attached hydrogens (tertiary/aromatic N) is 2. The van der Waals surface area contributed by atoms with Crippen LogP contribution in [-0.4, -0.2) is 9.97 Å². The molecule has 18 heavy (non-hydrogen) atoms. The zero-order chi connectivity index (χ0) is 13.1. The van der Waals surface area contributed by atoms with Crippen molar-refractivity contribution in [2.24, 2.45) is 0 Å². The summed E-state index contributed by atoms with van der Waals surface area (Å²) >= 11 is 0. The Morgan fingerprint density at radius 2 is 1.72 bits per heavy atom. The Labute approximate surface area is 104 Å². The van der Waals surface area contributed by atoms with Gasteiger partial charge in [-0.25, -0.2) is 14.4 Å². The first-order valence-electron chi connectivity index (χ1n) is 5.53. The highest BCUT2D eigenvalue weighted by Gasteiger charge is 2.04. The average Bonchev–Trinajstić information content (AvgIpc) is 2.33. The fourth-order valence-corrected chi connectivity index (χ4v) is 1.76. The molecule has 2 aromatic rings. The Kier molecular flexibility index (Phi) is 3.50. The van der Waals surface area contributed by atoms with Crippen LogP contribution in [0.2, 0.25) is 0 Å². The minimum Gasteiger partial charge on any atom is -0.366 e. The van der Waals surface area contributed by atoms with Crippen molar-refractivity contribution in [1.82, 2.24) is 9.97 Å². The third kappa shape index (κ3) is 2.80. The van der Waals surface area contributed by atoms with Gasteiger partial charge in [-0.3, -0.25) is 0 Å². The summed E-state index contributed by atoms with van der Waals surface area (Å²) in [4.78, 5) is 7.25. The summed E-state index contributed by atoms with van der Waals surface area (Å²) in [6.07, 6.45) is 1.15. The van der Waals surface area contributed by atoms with Crippen LogP contribution in [0.25, 0.3) is 0 Å². The molecule has 0 unspecified atom stereocenters. The van der Waals surface area contributed by atoms with Crippen molar-refractivity contribution in [2.75, 3.05) is 5.32 Å². The van der Waals surface area contributed by atoms with Crippen molar-refractivity contribution in [3.8, 4) is 0 Å². The molecule has 1 aromatic heterocycles. The summed E-state index contributed by atoms with van der Waals surface area (Å²) in [5, 5.41) is 2.96. The maximum atomic E-state index is 13.4. The lowest BCUT2D eigenvalue weighted by molar-refractivity contribution is 0.580. The Balaban J connectivity index is 2.11. The molecule has 0 spiro atoms. The van der Waals surface area contributed by atoms with Gasteiger partial charge in [0.05, 0.1) is 0 Å². The van der Waals surface area contributed by atoms with Crippen molar-refractivity contribution < 1.29 is 8.78 Å². The van der Waals surface area contributed by atoms with Crippen LogP contribution in [-0.2, 0) is 6.54 Å². The van der Waals surface area contributed by atoms with E-state index in [-0.39, 0.29) is 5.82 Å². The Morgan fingerprint density at radius 3 is 2.33 bits per heavy atom. The predicted octanol–water partition coefficient (Wildman–Crippen LogP) is 2.98. The zero-order valence-electron chi connectivity index (χ0n) is 10.2. The van der Waals surface area contributed by atoms with Crippen LogP contribution in [0.4, 0.5) is 14.6 Å². The summed E-state index contributed by atoms with van der Waals surface area (Å²) < 4.78 is 26.3. The van der Waals surface area contributed by atoms with Crippen molar-refractivity contribution in [2.45, 2.75) is 20.4 Å². The highest BCUT2D eigenvalue weighted by atomic mass is 19.1. The molecular formula is C13H13F2N3. The molecule has 3 nitrogen and oxygen atoms in total. The second-order valence-corrected chi connectivity index (χ2v) is 4.12. The topological polar surface area (TPSA) is 37.8 Å². The van der Waals surface area contributed by atoms with Gasteiger partial charge < -0.3 is 5.32 Å². The van der Waals surface area contributed by atoms with Gasteiger partial charge in [0.1, 0.15) is 18.0 Å². The molecule has 0 atom stereocenters. The molecule has 1 N–H and O–H groups in total. The summed E-state index contributed by atoms with van der Waals surface area (Å²) in [5.41, 5.74) is 2.12. The molecule has 94 valence electrons. The molecule has 0 bridgehead atoms. The maximum Gasteiger partial charge on any atom is 0.217 e.